The van der Waals surface area contributed by atoms with Gasteiger partial charge in [0.15, 0.2) is 0 Å². The molecule has 0 unspecified atom stereocenters. The van der Waals surface area contributed by atoms with Gasteiger partial charge in [0.1, 0.15) is 28.7 Å². The van der Waals surface area contributed by atoms with Gasteiger partial charge in [0.2, 0.25) is 0 Å². The fourth-order valence-corrected chi connectivity index (χ4v) is 5.04. The molecule has 2 heterocycles. The topological polar surface area (TPSA) is 124 Å². The number of amides is 1. The average molecular weight is 633 g/mol. The van der Waals surface area contributed by atoms with Gasteiger partial charge in [0, 0.05) is 31.6 Å². The van der Waals surface area contributed by atoms with Crippen molar-refractivity contribution in [2.24, 2.45) is 5.92 Å². The number of halogens is 3. The van der Waals surface area contributed by atoms with Crippen molar-refractivity contribution in [3.63, 3.8) is 0 Å². The molecule has 1 aliphatic heterocycles. The third kappa shape index (κ3) is 8.67. The highest BCUT2D eigenvalue weighted by Crippen LogP contribution is 2.40. The van der Waals surface area contributed by atoms with Crippen LogP contribution >= 0.6 is 0 Å². The van der Waals surface area contributed by atoms with Crippen molar-refractivity contribution in [2.75, 3.05) is 43.7 Å². The number of nitrogens with zero attached hydrogens (tertiary/aromatic N) is 4. The van der Waals surface area contributed by atoms with E-state index in [9.17, 15) is 27.9 Å². The molecule has 0 saturated carbocycles. The van der Waals surface area contributed by atoms with Gasteiger partial charge in [-0.15, -0.1) is 13.2 Å². The summed E-state index contributed by atoms with van der Waals surface area (Å²) in [6, 6.07) is 14.0. The van der Waals surface area contributed by atoms with Gasteiger partial charge in [-0.05, 0) is 56.5 Å². The lowest BCUT2D eigenvalue weighted by atomic mass is 9.88. The summed E-state index contributed by atoms with van der Waals surface area (Å²) in [5.41, 5.74) is 0.526. The number of carbonyl (C=O) groups excluding carboxylic acids is 1. The Labute approximate surface area is 258 Å². The number of ether oxygens (including phenoxy) is 4. The highest BCUT2D eigenvalue weighted by Gasteiger charge is 2.41. The van der Waals surface area contributed by atoms with Crippen LogP contribution in [0.2, 0.25) is 0 Å². The minimum atomic E-state index is -4.81. The summed E-state index contributed by atoms with van der Waals surface area (Å²) in [5, 5.41) is 10.1. The number of para-hydroxylation sites is 1. The molecular formula is C31H35F3N4O7. The van der Waals surface area contributed by atoms with Gasteiger partial charge in [-0.25, -0.2) is 4.79 Å². The summed E-state index contributed by atoms with van der Waals surface area (Å²) in [7, 11) is 2.89. The van der Waals surface area contributed by atoms with Gasteiger partial charge >= 0.3 is 24.4 Å². The second-order valence-corrected chi connectivity index (χ2v) is 11.3. The van der Waals surface area contributed by atoms with Crippen LogP contribution in [-0.4, -0.2) is 73.0 Å². The Hall–Kier alpha value is -4.75. The Morgan fingerprint density at radius 1 is 1.00 bits per heavy atom. The summed E-state index contributed by atoms with van der Waals surface area (Å²) >= 11 is 0. The van der Waals surface area contributed by atoms with E-state index in [1.807, 2.05) is 18.2 Å². The van der Waals surface area contributed by atoms with Gasteiger partial charge in [-0.1, -0.05) is 30.3 Å². The summed E-state index contributed by atoms with van der Waals surface area (Å²) < 4.78 is 58.2. The normalized spacial score (nSPS) is 16.7. The predicted octanol–water partition coefficient (Wildman–Crippen LogP) is 5.68. The van der Waals surface area contributed by atoms with Crippen LogP contribution in [0.15, 0.2) is 54.6 Å². The van der Waals surface area contributed by atoms with Gasteiger partial charge in [-0.2, -0.15) is 9.97 Å². The SMILES string of the molecule is COc1nc(N2C[C@H](C(=O)O)[C@@H](c3ccccc3OC)C2)cc(N(CCc2ccc(OC(F)(F)F)cc2)C(=O)OC(C)(C)C)n1. The Balaban J connectivity index is 1.65. The molecule has 3 aromatic rings. The fraction of sp³-hybridized carbons (Fsp3) is 0.419. The molecule has 1 N–H and O–H groups in total. The van der Waals surface area contributed by atoms with Crippen molar-refractivity contribution in [3.8, 4) is 17.5 Å². The standard InChI is InChI=1S/C31H35F3N4O7/c1-30(2,3)45-29(41)38(15-14-19-10-12-20(13-11-19)44-31(32,33)34)26-16-25(35-28(36-26)43-5)37-17-22(23(18-37)27(39)40)21-8-6-7-9-24(21)42-4/h6-13,16,22-23H,14-15,17-18H2,1-5H3,(H,39,40)/t22-,23+/m1/s1. The van der Waals surface area contributed by atoms with E-state index in [1.165, 1.54) is 43.4 Å². The first kappa shape index (κ1) is 33.1. The number of anilines is 2. The van der Waals surface area contributed by atoms with Crippen LogP contribution in [0.5, 0.6) is 17.5 Å². The zero-order valence-corrected chi connectivity index (χ0v) is 25.5. The predicted molar refractivity (Wildman–Crippen MR) is 158 cm³/mol. The first-order valence-corrected chi connectivity index (χ1v) is 14.1. The molecule has 1 saturated heterocycles. The molecule has 0 aliphatic carbocycles. The molecule has 14 heteroatoms. The zero-order chi connectivity index (χ0) is 32.9. The second-order valence-electron chi connectivity index (χ2n) is 11.3. The molecule has 0 spiro atoms. The highest BCUT2D eigenvalue weighted by atomic mass is 19.4. The quantitative estimate of drug-likeness (QED) is 0.299. The number of hydrogen-bond donors (Lipinski definition) is 1. The largest absolute Gasteiger partial charge is 0.573 e. The molecule has 1 amide bonds. The van der Waals surface area contributed by atoms with Gasteiger partial charge in [0.05, 0.1) is 20.1 Å². The molecule has 0 bridgehead atoms. The Morgan fingerprint density at radius 2 is 1.69 bits per heavy atom. The molecular weight excluding hydrogens is 597 g/mol. The van der Waals surface area contributed by atoms with Crippen LogP contribution in [0.25, 0.3) is 0 Å². The third-order valence-electron chi connectivity index (χ3n) is 7.03. The molecule has 2 aromatic carbocycles. The van der Waals surface area contributed by atoms with Crippen molar-refractivity contribution in [3.05, 3.63) is 65.7 Å². The van der Waals surface area contributed by atoms with Crippen molar-refractivity contribution < 1.29 is 46.8 Å². The molecule has 242 valence electrons. The molecule has 0 radical (unpaired) electrons. The van der Waals surface area contributed by atoms with E-state index >= 15 is 0 Å². The smallest absolute Gasteiger partial charge is 0.496 e. The number of aliphatic carboxylic acids is 1. The van der Waals surface area contributed by atoms with E-state index in [4.69, 9.17) is 14.2 Å². The lowest BCUT2D eigenvalue weighted by Crippen LogP contribution is -2.39. The Kier molecular flexibility index (Phi) is 9.94. The zero-order valence-electron chi connectivity index (χ0n) is 25.5. The first-order chi connectivity index (χ1) is 21.2. The summed E-state index contributed by atoms with van der Waals surface area (Å²) in [6.45, 7) is 5.58. The monoisotopic (exact) mass is 632 g/mol. The first-order valence-electron chi connectivity index (χ1n) is 14.1. The molecule has 1 fully saturated rings. The van der Waals surface area contributed by atoms with E-state index in [1.54, 1.807) is 37.8 Å². The van der Waals surface area contributed by atoms with Crippen LogP contribution in [0.3, 0.4) is 0 Å². The number of methoxy groups -OCH3 is 2. The van der Waals surface area contributed by atoms with Crippen molar-refractivity contribution in [1.29, 1.82) is 0 Å². The summed E-state index contributed by atoms with van der Waals surface area (Å²) in [6.07, 6.45) is -5.30. The minimum absolute atomic E-state index is 0.0373. The van der Waals surface area contributed by atoms with E-state index in [0.717, 1.165) is 5.56 Å². The van der Waals surface area contributed by atoms with Crippen LogP contribution < -0.4 is 24.0 Å². The van der Waals surface area contributed by atoms with E-state index in [2.05, 4.69) is 14.7 Å². The lowest BCUT2D eigenvalue weighted by molar-refractivity contribution is -0.274. The number of rotatable bonds is 10. The number of aromatic nitrogens is 2. The number of carboxylic acids is 1. The number of hydrogen-bond acceptors (Lipinski definition) is 9. The maximum Gasteiger partial charge on any atom is 0.573 e. The molecule has 11 nitrogen and oxygen atoms in total. The minimum Gasteiger partial charge on any atom is -0.496 e. The van der Waals surface area contributed by atoms with E-state index < -0.39 is 35.9 Å². The number of carboxylic acid groups (broad SMARTS) is 1. The van der Waals surface area contributed by atoms with Gasteiger partial charge in [0.25, 0.3) is 0 Å². The second kappa shape index (κ2) is 13.5. The molecule has 2 atom stereocenters. The summed E-state index contributed by atoms with van der Waals surface area (Å²) in [5.74, 6) is -1.50. The van der Waals surface area contributed by atoms with Gasteiger partial charge < -0.3 is 29.0 Å². The lowest BCUT2D eigenvalue weighted by Gasteiger charge is -2.28. The number of benzene rings is 2. The maximum atomic E-state index is 13.4. The van der Waals surface area contributed by atoms with E-state index in [0.29, 0.717) is 17.1 Å². The maximum absolute atomic E-state index is 13.4. The van der Waals surface area contributed by atoms with Gasteiger partial charge in [-0.3, -0.25) is 9.69 Å². The third-order valence-corrected chi connectivity index (χ3v) is 7.03. The number of carbonyl (C=O) groups is 2. The molecule has 45 heavy (non-hydrogen) atoms. The average Bonchev–Trinajstić information content (AvgIpc) is 3.42. The van der Waals surface area contributed by atoms with Crippen LogP contribution in [-0.2, 0) is 16.0 Å². The number of alkyl halides is 3. The molecule has 1 aliphatic rings. The summed E-state index contributed by atoms with van der Waals surface area (Å²) in [4.78, 5) is 37.7. The molecule has 1 aromatic heterocycles. The highest BCUT2D eigenvalue weighted by molar-refractivity contribution is 5.87. The van der Waals surface area contributed by atoms with Crippen LogP contribution in [0.1, 0.15) is 37.8 Å². The van der Waals surface area contributed by atoms with E-state index in [-0.39, 0.29) is 43.6 Å². The fourth-order valence-electron chi connectivity index (χ4n) is 5.04. The van der Waals surface area contributed by atoms with Crippen molar-refractivity contribution in [1.82, 2.24) is 9.97 Å². The Bertz CT molecular complexity index is 1500. The Morgan fingerprint density at radius 3 is 2.29 bits per heavy atom. The van der Waals surface area contributed by atoms with Crippen molar-refractivity contribution >= 4 is 23.7 Å². The van der Waals surface area contributed by atoms with Crippen LogP contribution in [0, 0.1) is 5.92 Å². The van der Waals surface area contributed by atoms with Crippen molar-refractivity contribution in [2.45, 2.75) is 45.1 Å². The van der Waals surface area contributed by atoms with Crippen LogP contribution in [0.4, 0.5) is 29.6 Å². The molecule has 4 rings (SSSR count).